The summed E-state index contributed by atoms with van der Waals surface area (Å²) in [5.74, 6) is 1.84. The molecule has 2 saturated heterocycles. The lowest BCUT2D eigenvalue weighted by Gasteiger charge is -2.34. The third-order valence-corrected chi connectivity index (χ3v) is 6.63. The third-order valence-electron chi connectivity index (χ3n) is 6.63. The molecule has 2 aliphatic rings. The Bertz CT molecular complexity index is 940. The Morgan fingerprint density at radius 1 is 0.967 bits per heavy atom. The first-order chi connectivity index (χ1) is 14.9. The van der Waals surface area contributed by atoms with Crippen molar-refractivity contribution in [1.82, 2.24) is 19.8 Å². The number of hydrogen-bond acceptors (Lipinski definition) is 4. The molecule has 5 nitrogen and oxygen atoms in total. The van der Waals surface area contributed by atoms with Gasteiger partial charge >= 0.3 is 0 Å². The molecule has 2 aliphatic heterocycles. The first kappa shape index (κ1) is 19.7. The SMILES string of the molecule is c1ccc(COCCN2CCC(n3c([C@@H]4CCNC4)nc4ccccc43)CC2)cc1. The Hall–Kier alpha value is -2.21. The lowest BCUT2D eigenvalue weighted by molar-refractivity contribution is 0.0801. The highest BCUT2D eigenvalue weighted by Gasteiger charge is 2.29. The minimum absolute atomic E-state index is 0.543. The van der Waals surface area contributed by atoms with Gasteiger partial charge in [-0.2, -0.15) is 0 Å². The molecule has 0 spiro atoms. The van der Waals surface area contributed by atoms with Gasteiger partial charge in [-0.05, 0) is 43.5 Å². The molecule has 0 aliphatic carbocycles. The van der Waals surface area contributed by atoms with Crippen LogP contribution in [0.4, 0.5) is 0 Å². The van der Waals surface area contributed by atoms with Gasteiger partial charge in [0.2, 0.25) is 0 Å². The summed E-state index contributed by atoms with van der Waals surface area (Å²) in [5.41, 5.74) is 3.71. The number of nitrogens with one attached hydrogen (secondary N) is 1. The van der Waals surface area contributed by atoms with Gasteiger partial charge in [-0.15, -0.1) is 0 Å². The van der Waals surface area contributed by atoms with Gasteiger partial charge in [0.15, 0.2) is 0 Å². The van der Waals surface area contributed by atoms with Crippen LogP contribution in [0.5, 0.6) is 0 Å². The van der Waals surface area contributed by atoms with Crippen molar-refractivity contribution >= 4 is 11.0 Å². The molecule has 3 aromatic rings. The molecule has 0 bridgehead atoms. The lowest BCUT2D eigenvalue weighted by atomic mass is 10.0. The van der Waals surface area contributed by atoms with Crippen LogP contribution in [0.25, 0.3) is 11.0 Å². The number of fused-ring (bicyclic) bond motifs is 1. The van der Waals surface area contributed by atoms with Gasteiger partial charge in [0.05, 0.1) is 24.2 Å². The number of rotatable bonds is 7. The van der Waals surface area contributed by atoms with Gasteiger partial charge in [0.1, 0.15) is 5.82 Å². The zero-order valence-electron chi connectivity index (χ0n) is 17.7. The number of hydrogen-bond donors (Lipinski definition) is 1. The maximum atomic E-state index is 5.90. The zero-order valence-corrected chi connectivity index (χ0v) is 17.7. The summed E-state index contributed by atoms with van der Waals surface area (Å²) in [6.07, 6.45) is 3.57. The highest BCUT2D eigenvalue weighted by molar-refractivity contribution is 5.76. The zero-order chi connectivity index (χ0) is 20.2. The highest BCUT2D eigenvalue weighted by atomic mass is 16.5. The molecule has 158 valence electrons. The van der Waals surface area contributed by atoms with Crippen LogP contribution >= 0.6 is 0 Å². The molecular formula is C25H32N4O. The number of para-hydroxylation sites is 2. The predicted molar refractivity (Wildman–Crippen MR) is 121 cm³/mol. The molecule has 0 saturated carbocycles. The van der Waals surface area contributed by atoms with Crippen LogP contribution < -0.4 is 5.32 Å². The van der Waals surface area contributed by atoms with E-state index in [9.17, 15) is 0 Å². The molecule has 1 aromatic heterocycles. The van der Waals surface area contributed by atoms with E-state index >= 15 is 0 Å². The van der Waals surface area contributed by atoms with Crippen molar-refractivity contribution in [2.45, 2.75) is 37.8 Å². The summed E-state index contributed by atoms with van der Waals surface area (Å²) in [6.45, 7) is 6.95. The van der Waals surface area contributed by atoms with E-state index in [4.69, 9.17) is 9.72 Å². The summed E-state index contributed by atoms with van der Waals surface area (Å²) < 4.78 is 8.48. The van der Waals surface area contributed by atoms with Gasteiger partial charge in [0.25, 0.3) is 0 Å². The first-order valence-corrected chi connectivity index (χ1v) is 11.4. The molecule has 1 N–H and O–H groups in total. The van der Waals surface area contributed by atoms with Gasteiger partial charge in [-0.1, -0.05) is 42.5 Å². The molecule has 0 radical (unpaired) electrons. The quantitative estimate of drug-likeness (QED) is 0.605. The monoisotopic (exact) mass is 404 g/mol. The van der Waals surface area contributed by atoms with Crippen LogP contribution in [0.3, 0.4) is 0 Å². The molecule has 5 heteroatoms. The van der Waals surface area contributed by atoms with E-state index in [-0.39, 0.29) is 0 Å². The van der Waals surface area contributed by atoms with E-state index in [0.29, 0.717) is 18.6 Å². The third kappa shape index (κ3) is 4.29. The molecular weight excluding hydrogens is 372 g/mol. The topological polar surface area (TPSA) is 42.3 Å². The van der Waals surface area contributed by atoms with Crippen LogP contribution in [0.1, 0.15) is 42.6 Å². The number of aromatic nitrogens is 2. The van der Waals surface area contributed by atoms with E-state index in [2.05, 4.69) is 63.3 Å². The van der Waals surface area contributed by atoms with Crippen molar-refractivity contribution in [3.63, 3.8) is 0 Å². The molecule has 2 fully saturated rings. The largest absolute Gasteiger partial charge is 0.375 e. The van der Waals surface area contributed by atoms with E-state index in [1.165, 1.54) is 36.2 Å². The van der Waals surface area contributed by atoms with Crippen LogP contribution in [-0.4, -0.2) is 53.8 Å². The van der Waals surface area contributed by atoms with E-state index in [0.717, 1.165) is 44.8 Å². The first-order valence-electron chi connectivity index (χ1n) is 11.4. The van der Waals surface area contributed by atoms with Gasteiger partial charge in [0, 0.05) is 38.1 Å². The van der Waals surface area contributed by atoms with Crippen LogP contribution in [0, 0.1) is 0 Å². The van der Waals surface area contributed by atoms with E-state index in [1.54, 1.807) is 0 Å². The molecule has 30 heavy (non-hydrogen) atoms. The van der Waals surface area contributed by atoms with Gasteiger partial charge < -0.3 is 19.5 Å². The fraction of sp³-hybridized carbons (Fsp3) is 0.480. The van der Waals surface area contributed by atoms with E-state index in [1.807, 2.05) is 6.07 Å². The summed E-state index contributed by atoms with van der Waals surface area (Å²) in [6, 6.07) is 19.6. The number of ether oxygens (including phenoxy) is 1. The normalized spacial score (nSPS) is 20.9. The summed E-state index contributed by atoms with van der Waals surface area (Å²) >= 11 is 0. The maximum Gasteiger partial charge on any atom is 0.114 e. The number of benzene rings is 2. The molecule has 1 atom stereocenters. The molecule has 5 rings (SSSR count). The average molecular weight is 405 g/mol. The van der Waals surface area contributed by atoms with Crippen LogP contribution in [-0.2, 0) is 11.3 Å². The molecule has 3 heterocycles. The number of likely N-dealkylation sites (tertiary alicyclic amines) is 1. The van der Waals surface area contributed by atoms with Crippen LogP contribution in [0.2, 0.25) is 0 Å². The summed E-state index contributed by atoms with van der Waals surface area (Å²) in [5, 5.41) is 3.52. The average Bonchev–Trinajstić information content (AvgIpc) is 3.46. The Morgan fingerprint density at radius 3 is 2.57 bits per heavy atom. The number of nitrogens with zero attached hydrogens (tertiary/aromatic N) is 3. The van der Waals surface area contributed by atoms with Crippen molar-refractivity contribution in [2.75, 3.05) is 39.3 Å². The Balaban J connectivity index is 1.19. The minimum Gasteiger partial charge on any atom is -0.375 e. The van der Waals surface area contributed by atoms with E-state index < -0.39 is 0 Å². The second kappa shape index (κ2) is 9.29. The van der Waals surface area contributed by atoms with Gasteiger partial charge in [-0.3, -0.25) is 0 Å². The molecule has 0 unspecified atom stereocenters. The van der Waals surface area contributed by atoms with Crippen molar-refractivity contribution in [3.05, 3.63) is 66.0 Å². The minimum atomic E-state index is 0.543. The van der Waals surface area contributed by atoms with Crippen molar-refractivity contribution in [2.24, 2.45) is 0 Å². The Labute approximate surface area is 179 Å². The standard InChI is InChI=1S/C25H32N4O/c1-2-6-20(7-3-1)19-30-17-16-28-14-11-22(12-15-28)29-24-9-5-4-8-23(24)27-25(29)21-10-13-26-18-21/h1-9,21-22,26H,10-19H2/t21-/m1/s1. The molecule has 0 amide bonds. The fourth-order valence-corrected chi connectivity index (χ4v) is 4.97. The second-order valence-electron chi connectivity index (χ2n) is 8.63. The number of piperidine rings is 1. The predicted octanol–water partition coefficient (Wildman–Crippen LogP) is 3.97. The van der Waals surface area contributed by atoms with Crippen molar-refractivity contribution in [1.29, 1.82) is 0 Å². The van der Waals surface area contributed by atoms with Crippen molar-refractivity contribution in [3.8, 4) is 0 Å². The molecule has 2 aromatic carbocycles. The second-order valence-corrected chi connectivity index (χ2v) is 8.63. The lowest BCUT2D eigenvalue weighted by Crippen LogP contribution is -2.37. The van der Waals surface area contributed by atoms with Crippen LogP contribution in [0.15, 0.2) is 54.6 Å². The highest BCUT2D eigenvalue weighted by Crippen LogP contribution is 2.33. The Kier molecular flexibility index (Phi) is 6.11. The summed E-state index contributed by atoms with van der Waals surface area (Å²) in [7, 11) is 0. The number of imidazole rings is 1. The summed E-state index contributed by atoms with van der Waals surface area (Å²) in [4.78, 5) is 7.62. The van der Waals surface area contributed by atoms with Crippen molar-refractivity contribution < 1.29 is 4.74 Å². The van der Waals surface area contributed by atoms with Gasteiger partial charge in [-0.25, -0.2) is 4.98 Å². The maximum absolute atomic E-state index is 5.90. The smallest absolute Gasteiger partial charge is 0.114 e. The Morgan fingerprint density at radius 2 is 1.77 bits per heavy atom. The fourth-order valence-electron chi connectivity index (χ4n) is 4.97.